The van der Waals surface area contributed by atoms with Crippen LogP contribution in [-0.4, -0.2) is 52.1 Å². The monoisotopic (exact) mass is 436 g/mol. The maximum Gasteiger partial charge on any atom is 0.417 e. The number of alkyl halides is 3. The summed E-state index contributed by atoms with van der Waals surface area (Å²) in [6.45, 7) is 1.83. The van der Waals surface area contributed by atoms with Crippen LogP contribution in [0.1, 0.15) is 23.6 Å². The van der Waals surface area contributed by atoms with E-state index in [4.69, 9.17) is 0 Å². The minimum Gasteiger partial charge on any atom is -0.480 e. The largest absolute Gasteiger partial charge is 0.480 e. The van der Waals surface area contributed by atoms with Crippen LogP contribution in [0.3, 0.4) is 0 Å². The number of nitrogens with zero attached hydrogens (tertiary/aromatic N) is 3. The van der Waals surface area contributed by atoms with Crippen molar-refractivity contribution in [3.63, 3.8) is 0 Å². The zero-order valence-electron chi connectivity index (χ0n) is 16.4. The molecule has 4 rings (SSSR count). The molecule has 0 saturated carbocycles. The quantitative estimate of drug-likeness (QED) is 0.604. The van der Waals surface area contributed by atoms with Crippen molar-refractivity contribution in [3.05, 3.63) is 59.7 Å². The van der Waals surface area contributed by atoms with Gasteiger partial charge in [0, 0.05) is 55.0 Å². The predicted octanol–water partition coefficient (Wildman–Crippen LogP) is 4.06. The molecule has 1 unspecified atom stereocenters. The van der Waals surface area contributed by atoms with Crippen LogP contribution in [-0.2, 0) is 11.0 Å². The van der Waals surface area contributed by atoms with Crippen molar-refractivity contribution < 1.29 is 27.5 Å². The Kier molecular flexibility index (Phi) is 5.57. The van der Waals surface area contributed by atoms with E-state index in [-0.39, 0.29) is 0 Å². The predicted molar refractivity (Wildman–Crippen MR) is 106 cm³/mol. The lowest BCUT2D eigenvalue weighted by molar-refractivity contribution is -0.143. The fourth-order valence-corrected chi connectivity index (χ4v) is 4.00. The van der Waals surface area contributed by atoms with E-state index in [0.29, 0.717) is 54.9 Å². The second kappa shape index (κ2) is 8.18. The van der Waals surface area contributed by atoms with Gasteiger partial charge in [0.25, 0.3) is 0 Å². The minimum atomic E-state index is -4.45. The first-order valence-electron chi connectivity index (χ1n) is 9.75. The van der Waals surface area contributed by atoms with E-state index in [1.807, 2.05) is 9.80 Å². The van der Waals surface area contributed by atoms with Gasteiger partial charge in [0.15, 0.2) is 0 Å². The number of aromatic amines is 1. The number of carboxylic acid groups (broad SMARTS) is 1. The molecule has 1 aliphatic rings. The number of fused-ring (bicyclic) bond motifs is 1. The number of nitrogens with one attached hydrogen (secondary N) is 1. The molecule has 3 heterocycles. The highest BCUT2D eigenvalue weighted by atomic mass is 19.4. The van der Waals surface area contributed by atoms with E-state index in [2.05, 4.69) is 9.97 Å². The number of carboxylic acids is 1. The SMILES string of the molecule is O=C(O)C(c1c[nH]c2cc(F)ccc12)N1CCCN(c2ccc(C(F)(F)F)cn2)CC1. The summed E-state index contributed by atoms with van der Waals surface area (Å²) in [5.74, 6) is -1.02. The molecule has 6 nitrogen and oxygen atoms in total. The summed E-state index contributed by atoms with van der Waals surface area (Å²) in [5, 5.41) is 10.6. The fraction of sp³-hybridized carbons (Fsp3) is 0.333. The first-order chi connectivity index (χ1) is 14.7. The summed E-state index contributed by atoms with van der Waals surface area (Å²) in [6, 6.07) is 5.57. The van der Waals surface area contributed by atoms with Crippen LogP contribution in [0, 0.1) is 5.82 Å². The standard InChI is InChI=1S/C21H20F4N4O2/c22-14-3-4-15-16(12-26-17(15)10-14)19(20(30)31)29-7-1-6-28(8-9-29)18-5-2-13(11-27-18)21(23,24)25/h2-5,10-12,19,26H,1,6-9H2,(H,30,31). The number of benzene rings is 1. The molecule has 3 aromatic rings. The molecular weight excluding hydrogens is 416 g/mol. The van der Waals surface area contributed by atoms with Gasteiger partial charge in [-0.15, -0.1) is 0 Å². The molecule has 1 aromatic carbocycles. The normalized spacial score (nSPS) is 17.0. The van der Waals surface area contributed by atoms with E-state index in [0.717, 1.165) is 12.3 Å². The van der Waals surface area contributed by atoms with Crippen molar-refractivity contribution in [2.45, 2.75) is 18.6 Å². The Labute approximate surface area is 175 Å². The van der Waals surface area contributed by atoms with Gasteiger partial charge in [0.2, 0.25) is 0 Å². The van der Waals surface area contributed by atoms with E-state index in [9.17, 15) is 27.5 Å². The van der Waals surface area contributed by atoms with Crippen molar-refractivity contribution in [2.24, 2.45) is 0 Å². The van der Waals surface area contributed by atoms with Gasteiger partial charge in [0.05, 0.1) is 5.56 Å². The van der Waals surface area contributed by atoms with Crippen molar-refractivity contribution in [3.8, 4) is 0 Å². The highest BCUT2D eigenvalue weighted by Gasteiger charge is 2.33. The Balaban J connectivity index is 1.54. The number of H-pyrrole nitrogens is 1. The number of hydrogen-bond donors (Lipinski definition) is 2. The molecule has 1 fully saturated rings. The molecule has 2 N–H and O–H groups in total. The molecule has 1 aliphatic heterocycles. The van der Waals surface area contributed by atoms with Crippen LogP contribution >= 0.6 is 0 Å². The average Bonchev–Trinajstić information content (AvgIpc) is 2.96. The van der Waals surface area contributed by atoms with Gasteiger partial charge < -0.3 is 15.0 Å². The number of aromatic nitrogens is 2. The molecule has 0 bridgehead atoms. The Morgan fingerprint density at radius 2 is 1.94 bits per heavy atom. The lowest BCUT2D eigenvalue weighted by atomic mass is 10.0. The Hall–Kier alpha value is -3.14. The van der Waals surface area contributed by atoms with Crippen LogP contribution < -0.4 is 4.90 Å². The number of rotatable bonds is 4. The molecule has 1 saturated heterocycles. The third-order valence-corrected chi connectivity index (χ3v) is 5.50. The summed E-state index contributed by atoms with van der Waals surface area (Å²) >= 11 is 0. The molecule has 2 aromatic heterocycles. The van der Waals surface area contributed by atoms with E-state index < -0.39 is 29.6 Å². The van der Waals surface area contributed by atoms with Gasteiger partial charge in [-0.1, -0.05) is 0 Å². The van der Waals surface area contributed by atoms with Crippen molar-refractivity contribution in [1.82, 2.24) is 14.9 Å². The second-order valence-electron chi connectivity index (χ2n) is 7.45. The molecule has 0 spiro atoms. The molecular formula is C21H20F4N4O2. The lowest BCUT2D eigenvalue weighted by Crippen LogP contribution is -2.37. The van der Waals surface area contributed by atoms with Gasteiger partial charge in [-0.25, -0.2) is 9.37 Å². The van der Waals surface area contributed by atoms with Gasteiger partial charge in [0.1, 0.15) is 17.7 Å². The number of pyridine rings is 1. The van der Waals surface area contributed by atoms with Crippen molar-refractivity contribution in [2.75, 3.05) is 31.1 Å². The molecule has 31 heavy (non-hydrogen) atoms. The number of hydrogen-bond acceptors (Lipinski definition) is 4. The fourth-order valence-electron chi connectivity index (χ4n) is 4.00. The summed E-state index contributed by atoms with van der Waals surface area (Å²) in [6.07, 6.45) is -1.44. The number of anilines is 1. The molecule has 0 amide bonds. The summed E-state index contributed by atoms with van der Waals surface area (Å²) < 4.78 is 51.8. The first kappa shape index (κ1) is 21.1. The third-order valence-electron chi connectivity index (χ3n) is 5.50. The number of halogens is 4. The minimum absolute atomic E-state index is 0.382. The topological polar surface area (TPSA) is 72.5 Å². The summed E-state index contributed by atoms with van der Waals surface area (Å²) in [4.78, 5) is 22.7. The molecule has 0 aliphatic carbocycles. The zero-order valence-corrected chi connectivity index (χ0v) is 16.4. The van der Waals surface area contributed by atoms with E-state index in [1.165, 1.54) is 18.2 Å². The van der Waals surface area contributed by atoms with Gasteiger partial charge in [-0.2, -0.15) is 13.2 Å². The average molecular weight is 436 g/mol. The Morgan fingerprint density at radius 1 is 1.13 bits per heavy atom. The molecule has 0 radical (unpaired) electrons. The van der Waals surface area contributed by atoms with Crippen LogP contribution in [0.2, 0.25) is 0 Å². The van der Waals surface area contributed by atoms with Gasteiger partial charge >= 0.3 is 12.1 Å². The smallest absolute Gasteiger partial charge is 0.417 e. The van der Waals surface area contributed by atoms with Crippen LogP contribution in [0.15, 0.2) is 42.7 Å². The summed E-state index contributed by atoms with van der Waals surface area (Å²) in [7, 11) is 0. The van der Waals surface area contributed by atoms with Crippen molar-refractivity contribution >= 4 is 22.7 Å². The second-order valence-corrected chi connectivity index (χ2v) is 7.45. The van der Waals surface area contributed by atoms with Crippen LogP contribution in [0.4, 0.5) is 23.4 Å². The third kappa shape index (κ3) is 4.34. The van der Waals surface area contributed by atoms with E-state index >= 15 is 0 Å². The molecule has 10 heteroatoms. The van der Waals surface area contributed by atoms with Gasteiger partial charge in [-0.3, -0.25) is 9.69 Å². The lowest BCUT2D eigenvalue weighted by Gasteiger charge is -2.27. The van der Waals surface area contributed by atoms with E-state index in [1.54, 1.807) is 12.3 Å². The van der Waals surface area contributed by atoms with Crippen LogP contribution in [0.25, 0.3) is 10.9 Å². The van der Waals surface area contributed by atoms with Crippen molar-refractivity contribution in [1.29, 1.82) is 0 Å². The Morgan fingerprint density at radius 3 is 2.61 bits per heavy atom. The maximum atomic E-state index is 13.5. The number of aliphatic carboxylic acids is 1. The zero-order chi connectivity index (χ0) is 22.2. The first-order valence-corrected chi connectivity index (χ1v) is 9.75. The molecule has 164 valence electrons. The van der Waals surface area contributed by atoms with Crippen LogP contribution in [0.5, 0.6) is 0 Å². The number of carbonyl (C=O) groups is 1. The maximum absolute atomic E-state index is 13.5. The molecule has 1 atom stereocenters. The van der Waals surface area contributed by atoms with Gasteiger partial charge in [-0.05, 0) is 36.8 Å². The Bertz CT molecular complexity index is 1080. The summed E-state index contributed by atoms with van der Waals surface area (Å²) in [5.41, 5.74) is 0.254. The highest BCUT2D eigenvalue weighted by molar-refractivity contribution is 5.89. The highest BCUT2D eigenvalue weighted by Crippen LogP contribution is 2.31.